The Morgan fingerprint density at radius 3 is 2.31 bits per heavy atom. The van der Waals surface area contributed by atoms with Crippen molar-refractivity contribution in [1.29, 1.82) is 0 Å². The lowest BCUT2D eigenvalue weighted by Crippen LogP contribution is -2.34. The minimum atomic E-state index is -0.677. The van der Waals surface area contributed by atoms with Crippen molar-refractivity contribution in [2.75, 3.05) is 18.4 Å². The fourth-order valence-electron chi connectivity index (χ4n) is 3.52. The van der Waals surface area contributed by atoms with Crippen LogP contribution >= 0.6 is 0 Å². The topological polar surface area (TPSA) is 58.6 Å². The highest BCUT2D eigenvalue weighted by Gasteiger charge is 2.22. The van der Waals surface area contributed by atoms with Gasteiger partial charge in [-0.3, -0.25) is 9.59 Å². The van der Waals surface area contributed by atoms with Crippen LogP contribution < -0.4 is 10.1 Å². The summed E-state index contributed by atoms with van der Waals surface area (Å²) in [5, 5.41) is 2.88. The van der Waals surface area contributed by atoms with Crippen LogP contribution in [0, 0.1) is 0 Å². The Kier molecular flexibility index (Phi) is 7.28. The number of hydrogen-bond donors (Lipinski definition) is 1. The molecule has 1 fully saturated rings. The Hall–Kier alpha value is -2.82. The molecule has 1 aliphatic rings. The van der Waals surface area contributed by atoms with Crippen molar-refractivity contribution in [2.45, 2.75) is 52.1 Å². The lowest BCUT2D eigenvalue weighted by molar-refractivity contribution is -0.122. The molecule has 3 rings (SSSR count). The van der Waals surface area contributed by atoms with Crippen LogP contribution in [0.3, 0.4) is 0 Å². The molecule has 0 radical (unpaired) electrons. The highest BCUT2D eigenvalue weighted by molar-refractivity contribution is 6.04. The summed E-state index contributed by atoms with van der Waals surface area (Å²) in [5.41, 5.74) is 2.28. The maximum atomic E-state index is 13.0. The standard InChI is InChI=1S/C24H30N2O3/c1-3-19-12-14-20(15-13-19)29-18(2)23(27)25-22-11-7-6-10-21(22)24(28)26-16-8-4-5-9-17-26/h6-7,10-15,18H,3-5,8-9,16-17H2,1-2H3,(H,25,27). The average Bonchev–Trinajstić information content (AvgIpc) is 3.04. The molecule has 2 aromatic carbocycles. The third-order valence-electron chi connectivity index (χ3n) is 5.32. The minimum absolute atomic E-state index is 0.0217. The smallest absolute Gasteiger partial charge is 0.265 e. The molecule has 2 amide bonds. The van der Waals surface area contributed by atoms with Gasteiger partial charge in [-0.05, 0) is 56.0 Å². The molecular weight excluding hydrogens is 364 g/mol. The maximum absolute atomic E-state index is 13.0. The van der Waals surface area contributed by atoms with E-state index in [1.807, 2.05) is 41.3 Å². The Bertz CT molecular complexity index is 824. The van der Waals surface area contributed by atoms with E-state index in [0.717, 1.165) is 45.2 Å². The lowest BCUT2D eigenvalue weighted by atomic mass is 10.1. The van der Waals surface area contributed by atoms with Crippen molar-refractivity contribution >= 4 is 17.5 Å². The summed E-state index contributed by atoms with van der Waals surface area (Å²) in [6, 6.07) is 14.9. The molecule has 2 aromatic rings. The average molecular weight is 395 g/mol. The van der Waals surface area contributed by atoms with Crippen molar-refractivity contribution in [3.63, 3.8) is 0 Å². The first-order valence-corrected chi connectivity index (χ1v) is 10.5. The van der Waals surface area contributed by atoms with Crippen LogP contribution in [0.2, 0.25) is 0 Å². The Morgan fingerprint density at radius 2 is 1.66 bits per heavy atom. The molecule has 1 unspecified atom stereocenters. The van der Waals surface area contributed by atoms with E-state index in [2.05, 4.69) is 12.2 Å². The molecule has 1 heterocycles. The Balaban J connectivity index is 1.67. The van der Waals surface area contributed by atoms with Gasteiger partial charge in [-0.25, -0.2) is 0 Å². The lowest BCUT2D eigenvalue weighted by Gasteiger charge is -2.22. The summed E-state index contributed by atoms with van der Waals surface area (Å²) in [6.07, 6.45) is 4.66. The van der Waals surface area contributed by atoms with E-state index in [0.29, 0.717) is 17.0 Å². The van der Waals surface area contributed by atoms with Gasteiger partial charge in [-0.1, -0.05) is 44.0 Å². The van der Waals surface area contributed by atoms with Crippen molar-refractivity contribution in [3.05, 3.63) is 59.7 Å². The van der Waals surface area contributed by atoms with E-state index >= 15 is 0 Å². The zero-order valence-electron chi connectivity index (χ0n) is 17.3. The van der Waals surface area contributed by atoms with E-state index < -0.39 is 6.10 Å². The molecule has 1 saturated heterocycles. The molecule has 0 saturated carbocycles. The van der Waals surface area contributed by atoms with Gasteiger partial charge in [-0.15, -0.1) is 0 Å². The first-order chi connectivity index (χ1) is 14.1. The van der Waals surface area contributed by atoms with E-state index in [1.165, 1.54) is 5.56 Å². The fourth-order valence-corrected chi connectivity index (χ4v) is 3.52. The molecule has 0 bridgehead atoms. The van der Waals surface area contributed by atoms with Gasteiger partial charge in [0, 0.05) is 13.1 Å². The van der Waals surface area contributed by atoms with Crippen molar-refractivity contribution < 1.29 is 14.3 Å². The second-order valence-electron chi connectivity index (χ2n) is 7.50. The summed E-state index contributed by atoms with van der Waals surface area (Å²) in [7, 11) is 0. The molecule has 5 nitrogen and oxygen atoms in total. The molecule has 0 spiro atoms. The van der Waals surface area contributed by atoms with Gasteiger partial charge < -0.3 is 15.0 Å². The monoisotopic (exact) mass is 394 g/mol. The molecule has 154 valence electrons. The van der Waals surface area contributed by atoms with E-state index in [9.17, 15) is 9.59 Å². The van der Waals surface area contributed by atoms with Gasteiger partial charge in [0.15, 0.2) is 6.10 Å². The Morgan fingerprint density at radius 1 is 1.00 bits per heavy atom. The van der Waals surface area contributed by atoms with Crippen LogP contribution in [0.25, 0.3) is 0 Å². The van der Waals surface area contributed by atoms with Gasteiger partial charge in [-0.2, -0.15) is 0 Å². The number of nitrogens with zero attached hydrogens (tertiary/aromatic N) is 1. The third-order valence-corrected chi connectivity index (χ3v) is 5.32. The molecule has 5 heteroatoms. The normalized spacial score (nSPS) is 15.3. The van der Waals surface area contributed by atoms with E-state index in [-0.39, 0.29) is 11.8 Å². The second-order valence-corrected chi connectivity index (χ2v) is 7.50. The summed E-state index contributed by atoms with van der Waals surface area (Å²) in [4.78, 5) is 27.6. The maximum Gasteiger partial charge on any atom is 0.265 e. The molecule has 1 N–H and O–H groups in total. The number of rotatable bonds is 6. The quantitative estimate of drug-likeness (QED) is 0.774. The number of nitrogens with one attached hydrogen (secondary N) is 1. The van der Waals surface area contributed by atoms with Crippen LogP contribution in [-0.4, -0.2) is 35.9 Å². The van der Waals surface area contributed by atoms with Crippen molar-refractivity contribution in [1.82, 2.24) is 4.90 Å². The molecule has 1 aliphatic heterocycles. The number of para-hydroxylation sites is 1. The number of carbonyl (C=O) groups is 2. The molecule has 0 aliphatic carbocycles. The van der Waals surface area contributed by atoms with Gasteiger partial charge in [0.1, 0.15) is 5.75 Å². The number of carbonyl (C=O) groups excluding carboxylic acids is 2. The van der Waals surface area contributed by atoms with Crippen molar-refractivity contribution in [3.8, 4) is 5.75 Å². The molecule has 1 atom stereocenters. The van der Waals surface area contributed by atoms with Crippen molar-refractivity contribution in [2.24, 2.45) is 0 Å². The molecule has 0 aromatic heterocycles. The minimum Gasteiger partial charge on any atom is -0.481 e. The number of benzene rings is 2. The number of ether oxygens (including phenoxy) is 1. The summed E-state index contributed by atoms with van der Waals surface area (Å²) < 4.78 is 5.77. The van der Waals surface area contributed by atoms with E-state index in [4.69, 9.17) is 4.74 Å². The first kappa shape index (κ1) is 20.9. The highest BCUT2D eigenvalue weighted by Crippen LogP contribution is 2.21. The number of amides is 2. The SMILES string of the molecule is CCc1ccc(OC(C)C(=O)Nc2ccccc2C(=O)N2CCCCCC2)cc1. The highest BCUT2D eigenvalue weighted by atomic mass is 16.5. The summed E-state index contributed by atoms with van der Waals surface area (Å²) >= 11 is 0. The van der Waals surface area contributed by atoms with Crippen LogP contribution in [0.1, 0.15) is 55.5 Å². The van der Waals surface area contributed by atoms with Crippen LogP contribution in [-0.2, 0) is 11.2 Å². The first-order valence-electron chi connectivity index (χ1n) is 10.5. The predicted molar refractivity (Wildman–Crippen MR) is 115 cm³/mol. The van der Waals surface area contributed by atoms with E-state index in [1.54, 1.807) is 19.1 Å². The number of anilines is 1. The largest absolute Gasteiger partial charge is 0.481 e. The number of likely N-dealkylation sites (tertiary alicyclic amines) is 1. The fraction of sp³-hybridized carbons (Fsp3) is 0.417. The van der Waals surface area contributed by atoms with Crippen LogP contribution in [0.15, 0.2) is 48.5 Å². The molecule has 29 heavy (non-hydrogen) atoms. The predicted octanol–water partition coefficient (Wildman–Crippen LogP) is 4.67. The number of aryl methyl sites for hydroxylation is 1. The Labute approximate surface area is 173 Å². The summed E-state index contributed by atoms with van der Waals surface area (Å²) in [5.74, 6) is 0.353. The van der Waals surface area contributed by atoms with Crippen LogP contribution in [0.4, 0.5) is 5.69 Å². The van der Waals surface area contributed by atoms with Gasteiger partial charge in [0.05, 0.1) is 11.3 Å². The third kappa shape index (κ3) is 5.59. The number of hydrogen-bond acceptors (Lipinski definition) is 3. The summed E-state index contributed by atoms with van der Waals surface area (Å²) in [6.45, 7) is 5.35. The van der Waals surface area contributed by atoms with Gasteiger partial charge >= 0.3 is 0 Å². The zero-order valence-corrected chi connectivity index (χ0v) is 17.3. The van der Waals surface area contributed by atoms with Crippen LogP contribution in [0.5, 0.6) is 5.75 Å². The van der Waals surface area contributed by atoms with Gasteiger partial charge in [0.2, 0.25) is 0 Å². The second kappa shape index (κ2) is 10.1. The molecular formula is C24H30N2O3. The van der Waals surface area contributed by atoms with Gasteiger partial charge in [0.25, 0.3) is 11.8 Å². The zero-order chi connectivity index (χ0) is 20.6.